The summed E-state index contributed by atoms with van der Waals surface area (Å²) in [5.74, 6) is 1.54. The number of guanidine groups is 1. The molecule has 1 unspecified atom stereocenters. The van der Waals surface area contributed by atoms with Gasteiger partial charge in [-0.1, -0.05) is 18.2 Å². The Morgan fingerprint density at radius 2 is 2.06 bits per heavy atom. The Kier molecular flexibility index (Phi) is 6.74. The number of fused-ring (bicyclic) bond motifs is 1. The molecular formula is C24H26FN7O. The largest absolute Gasteiger partial charge is 0.488 e. The van der Waals surface area contributed by atoms with Gasteiger partial charge in [0.15, 0.2) is 5.96 Å². The van der Waals surface area contributed by atoms with Crippen molar-refractivity contribution in [3.8, 4) is 17.5 Å². The number of nitrogen functional groups attached to an aromatic ring is 1. The number of hydrogen-bond acceptors (Lipinski definition) is 5. The second kappa shape index (κ2) is 10.0. The lowest BCUT2D eigenvalue weighted by molar-refractivity contribution is 0.235. The number of nitrogens with zero attached hydrogens (tertiary/aromatic N) is 4. The number of nitrogens with one attached hydrogen (secondary N) is 2. The Hall–Kier alpha value is -4.06. The summed E-state index contributed by atoms with van der Waals surface area (Å²) in [5, 5.41) is 20.6. The predicted molar refractivity (Wildman–Crippen MR) is 125 cm³/mol. The van der Waals surface area contributed by atoms with Crippen LogP contribution in [0.3, 0.4) is 0 Å². The lowest BCUT2D eigenvalue weighted by Crippen LogP contribution is -2.42. The fourth-order valence-electron chi connectivity index (χ4n) is 3.82. The number of ether oxygens (including phenoxy) is 1. The van der Waals surface area contributed by atoms with Crippen LogP contribution in [0.4, 0.5) is 10.2 Å². The van der Waals surface area contributed by atoms with Gasteiger partial charge in [-0.3, -0.25) is 4.99 Å². The van der Waals surface area contributed by atoms with Crippen LogP contribution < -0.4 is 21.1 Å². The van der Waals surface area contributed by atoms with E-state index in [1.807, 2.05) is 18.2 Å². The van der Waals surface area contributed by atoms with E-state index in [1.54, 1.807) is 19.2 Å². The van der Waals surface area contributed by atoms with Gasteiger partial charge in [-0.05, 0) is 48.7 Å². The topological polar surface area (TPSA) is 113 Å². The number of aliphatic imine (C=N–C) groups is 1. The minimum atomic E-state index is -0.345. The third-order valence-corrected chi connectivity index (χ3v) is 5.49. The van der Waals surface area contributed by atoms with Crippen LogP contribution in [-0.4, -0.2) is 42.0 Å². The second-order valence-corrected chi connectivity index (χ2v) is 7.74. The number of nitriles is 1. The molecule has 2 heterocycles. The molecule has 33 heavy (non-hydrogen) atoms. The molecule has 8 nitrogen and oxygen atoms in total. The average molecular weight is 448 g/mol. The number of para-hydroxylation sites is 1. The summed E-state index contributed by atoms with van der Waals surface area (Å²) in [6, 6.07) is 16.0. The summed E-state index contributed by atoms with van der Waals surface area (Å²) in [6.07, 6.45) is 2.22. The van der Waals surface area contributed by atoms with Crippen molar-refractivity contribution in [2.75, 3.05) is 25.9 Å². The van der Waals surface area contributed by atoms with Gasteiger partial charge < -0.3 is 21.1 Å². The Morgan fingerprint density at radius 3 is 2.79 bits per heavy atom. The molecule has 0 saturated carbocycles. The number of halogens is 1. The first-order chi connectivity index (χ1) is 16.1. The molecular weight excluding hydrogens is 421 g/mol. The van der Waals surface area contributed by atoms with Crippen molar-refractivity contribution in [2.24, 2.45) is 4.99 Å². The van der Waals surface area contributed by atoms with E-state index in [0.29, 0.717) is 42.4 Å². The fourth-order valence-corrected chi connectivity index (χ4v) is 3.82. The first-order valence-corrected chi connectivity index (χ1v) is 10.8. The maximum absolute atomic E-state index is 13.2. The van der Waals surface area contributed by atoms with Crippen LogP contribution in [-0.2, 0) is 12.8 Å². The molecule has 0 saturated heterocycles. The lowest BCUT2D eigenvalue weighted by Gasteiger charge is -2.15. The van der Waals surface area contributed by atoms with Crippen molar-refractivity contribution < 1.29 is 9.13 Å². The molecule has 0 amide bonds. The molecule has 1 aliphatic rings. The number of nitrogens with two attached hydrogens (primary N) is 1. The van der Waals surface area contributed by atoms with Crippen molar-refractivity contribution in [1.82, 2.24) is 20.4 Å². The first-order valence-electron chi connectivity index (χ1n) is 10.8. The molecule has 0 spiro atoms. The molecule has 9 heteroatoms. The fraction of sp³-hybridized carbons (Fsp3) is 0.292. The highest BCUT2D eigenvalue weighted by atomic mass is 19.1. The summed E-state index contributed by atoms with van der Waals surface area (Å²) in [5.41, 5.74) is 8.91. The van der Waals surface area contributed by atoms with E-state index in [-0.39, 0.29) is 17.7 Å². The summed E-state index contributed by atoms with van der Waals surface area (Å²) in [4.78, 5) is 4.26. The minimum absolute atomic E-state index is 0.0672. The number of hydrogen-bond donors (Lipinski definition) is 3. The predicted octanol–water partition coefficient (Wildman–Crippen LogP) is 2.57. The van der Waals surface area contributed by atoms with Crippen LogP contribution in [0.25, 0.3) is 5.69 Å². The van der Waals surface area contributed by atoms with Gasteiger partial charge in [0.05, 0.1) is 17.9 Å². The van der Waals surface area contributed by atoms with Gasteiger partial charge >= 0.3 is 0 Å². The molecule has 1 atom stereocenters. The summed E-state index contributed by atoms with van der Waals surface area (Å²) in [7, 11) is 1.72. The van der Waals surface area contributed by atoms with Gasteiger partial charge in [0, 0.05) is 20.0 Å². The molecule has 170 valence electrons. The standard InChI is InChI=1S/C24H26FN7O/c1-28-24(30-15-19-13-16-5-2-3-7-22(16)33-19)29-12-4-6-21-20(14-26)23(27)32(31-21)18-10-8-17(25)9-11-18/h2-3,5,7-11,19H,4,6,12-13,15,27H2,1H3,(H2,28,29,30). The smallest absolute Gasteiger partial charge is 0.191 e. The number of aryl methyl sites for hydroxylation is 1. The van der Waals surface area contributed by atoms with E-state index in [2.05, 4.69) is 32.9 Å². The van der Waals surface area contributed by atoms with Crippen LogP contribution in [0.15, 0.2) is 53.5 Å². The van der Waals surface area contributed by atoms with E-state index in [1.165, 1.54) is 22.4 Å². The maximum atomic E-state index is 13.2. The maximum Gasteiger partial charge on any atom is 0.191 e. The number of aromatic nitrogens is 2. The monoisotopic (exact) mass is 447 g/mol. The molecule has 3 aromatic rings. The van der Waals surface area contributed by atoms with Crippen molar-refractivity contribution in [1.29, 1.82) is 5.26 Å². The molecule has 0 fully saturated rings. The summed E-state index contributed by atoms with van der Waals surface area (Å²) in [6.45, 7) is 1.28. The first kappa shape index (κ1) is 22.1. The highest BCUT2D eigenvalue weighted by Gasteiger charge is 2.22. The average Bonchev–Trinajstić information content (AvgIpc) is 3.39. The Labute approximate surface area is 191 Å². The van der Waals surface area contributed by atoms with E-state index < -0.39 is 0 Å². The van der Waals surface area contributed by atoms with Gasteiger partial charge in [-0.25, -0.2) is 9.07 Å². The van der Waals surface area contributed by atoms with Crippen LogP contribution in [0, 0.1) is 17.1 Å². The highest BCUT2D eigenvalue weighted by Crippen LogP contribution is 2.27. The number of benzene rings is 2. The van der Waals surface area contributed by atoms with Crippen LogP contribution in [0.5, 0.6) is 5.75 Å². The Bertz CT molecular complexity index is 1160. The van der Waals surface area contributed by atoms with Gasteiger partial charge in [-0.2, -0.15) is 10.4 Å². The molecule has 4 rings (SSSR count). The molecule has 0 radical (unpaired) electrons. The minimum Gasteiger partial charge on any atom is -0.488 e. The zero-order valence-corrected chi connectivity index (χ0v) is 18.4. The summed E-state index contributed by atoms with van der Waals surface area (Å²) >= 11 is 0. The highest BCUT2D eigenvalue weighted by molar-refractivity contribution is 5.79. The SMILES string of the molecule is CN=C(NCCCc1nn(-c2ccc(F)cc2)c(N)c1C#N)NCC1Cc2ccccc2O1. The van der Waals surface area contributed by atoms with Gasteiger partial charge in [-0.15, -0.1) is 0 Å². The van der Waals surface area contributed by atoms with E-state index in [4.69, 9.17) is 10.5 Å². The molecule has 1 aromatic heterocycles. The van der Waals surface area contributed by atoms with Crippen molar-refractivity contribution in [2.45, 2.75) is 25.4 Å². The molecule has 4 N–H and O–H groups in total. The normalized spacial score (nSPS) is 14.9. The molecule has 0 aliphatic carbocycles. The number of rotatable bonds is 7. The third kappa shape index (κ3) is 5.06. The van der Waals surface area contributed by atoms with E-state index in [0.717, 1.165) is 18.6 Å². The zero-order valence-electron chi connectivity index (χ0n) is 18.4. The van der Waals surface area contributed by atoms with Crippen molar-refractivity contribution in [3.05, 3.63) is 71.2 Å². The summed E-state index contributed by atoms with van der Waals surface area (Å²) < 4.78 is 20.6. The second-order valence-electron chi connectivity index (χ2n) is 7.74. The van der Waals surface area contributed by atoms with E-state index >= 15 is 0 Å². The van der Waals surface area contributed by atoms with Crippen LogP contribution >= 0.6 is 0 Å². The van der Waals surface area contributed by atoms with Gasteiger partial charge in [0.25, 0.3) is 0 Å². The Balaban J connectivity index is 1.27. The quantitative estimate of drug-likeness (QED) is 0.291. The van der Waals surface area contributed by atoms with E-state index in [9.17, 15) is 9.65 Å². The van der Waals surface area contributed by atoms with Gasteiger partial charge in [0.1, 0.15) is 35.1 Å². The zero-order chi connectivity index (χ0) is 23.2. The Morgan fingerprint density at radius 1 is 1.27 bits per heavy atom. The van der Waals surface area contributed by atoms with Gasteiger partial charge in [0.2, 0.25) is 0 Å². The number of anilines is 1. The van der Waals surface area contributed by atoms with Crippen LogP contribution in [0.2, 0.25) is 0 Å². The molecule has 1 aliphatic heterocycles. The third-order valence-electron chi connectivity index (χ3n) is 5.49. The molecule has 2 aromatic carbocycles. The molecule has 0 bridgehead atoms. The van der Waals surface area contributed by atoms with Crippen LogP contribution in [0.1, 0.15) is 23.2 Å². The lowest BCUT2D eigenvalue weighted by atomic mass is 10.1. The van der Waals surface area contributed by atoms with Crippen molar-refractivity contribution >= 4 is 11.8 Å². The van der Waals surface area contributed by atoms with Crippen molar-refractivity contribution in [3.63, 3.8) is 0 Å².